The molecule has 0 bridgehead atoms. The van der Waals surface area contributed by atoms with Gasteiger partial charge in [0.1, 0.15) is 0 Å². The molecule has 0 aromatic carbocycles. The first-order valence-corrected chi connectivity index (χ1v) is 40.1. The fraction of sp³-hybridized carbons (Fsp3) is 0.926. The Labute approximate surface area is 545 Å². The number of aliphatic hydroxyl groups is 2. The van der Waals surface area contributed by atoms with Crippen molar-refractivity contribution in [2.45, 2.75) is 469 Å². The van der Waals surface area contributed by atoms with E-state index in [1.165, 1.54) is 392 Å². The molecule has 3 N–H and O–H groups in total. The lowest BCUT2D eigenvalue weighted by atomic mass is 10.0. The van der Waals surface area contributed by atoms with Crippen molar-refractivity contribution in [2.75, 3.05) is 13.2 Å². The molecule has 2 atom stereocenters. The molecule has 0 spiro atoms. The summed E-state index contributed by atoms with van der Waals surface area (Å²) in [5.41, 5.74) is 0. The van der Waals surface area contributed by atoms with E-state index < -0.39 is 12.1 Å². The van der Waals surface area contributed by atoms with Crippen LogP contribution in [-0.4, -0.2) is 47.4 Å². The van der Waals surface area contributed by atoms with Crippen molar-refractivity contribution < 1.29 is 24.5 Å². The molecule has 0 aliphatic carbocycles. The molecule has 0 saturated carbocycles. The predicted octanol–water partition coefficient (Wildman–Crippen LogP) is 26.4. The average Bonchev–Trinajstić information content (AvgIpc) is 3.53. The van der Waals surface area contributed by atoms with Crippen LogP contribution >= 0.6 is 0 Å². The zero-order chi connectivity index (χ0) is 62.8. The topological polar surface area (TPSA) is 95.9 Å². The number of rotatable bonds is 76. The van der Waals surface area contributed by atoms with Gasteiger partial charge in [0, 0.05) is 12.8 Å². The Kier molecular flexibility index (Phi) is 75.3. The first-order chi connectivity index (χ1) is 43.0. The predicted molar refractivity (Wildman–Crippen MR) is 384 cm³/mol. The maximum Gasteiger partial charge on any atom is 0.305 e. The first-order valence-electron chi connectivity index (χ1n) is 40.1. The summed E-state index contributed by atoms with van der Waals surface area (Å²) >= 11 is 0. The summed E-state index contributed by atoms with van der Waals surface area (Å²) in [5.74, 6) is -0.0340. The lowest BCUT2D eigenvalue weighted by Crippen LogP contribution is -2.45. The van der Waals surface area contributed by atoms with Crippen LogP contribution in [-0.2, 0) is 14.3 Å². The second-order valence-electron chi connectivity index (χ2n) is 27.8. The molecule has 516 valence electrons. The number of nitrogens with one attached hydrogen (secondary N) is 1. The number of esters is 1. The zero-order valence-corrected chi connectivity index (χ0v) is 59.3. The van der Waals surface area contributed by atoms with Crippen LogP contribution in [0.15, 0.2) is 24.3 Å². The highest BCUT2D eigenvalue weighted by molar-refractivity contribution is 5.76. The molecule has 0 fully saturated rings. The second-order valence-corrected chi connectivity index (χ2v) is 27.8. The Hall–Kier alpha value is -1.66. The largest absolute Gasteiger partial charge is 0.466 e. The van der Waals surface area contributed by atoms with Crippen molar-refractivity contribution in [3.63, 3.8) is 0 Å². The summed E-state index contributed by atoms with van der Waals surface area (Å²) in [4.78, 5) is 24.6. The summed E-state index contributed by atoms with van der Waals surface area (Å²) in [6.07, 6.45) is 99.0. The van der Waals surface area contributed by atoms with Gasteiger partial charge in [-0.15, -0.1) is 0 Å². The van der Waals surface area contributed by atoms with Gasteiger partial charge in [0.05, 0.1) is 25.4 Å². The molecule has 0 aromatic heterocycles. The highest BCUT2D eigenvalue weighted by atomic mass is 16.5. The van der Waals surface area contributed by atoms with Gasteiger partial charge in [-0.05, 0) is 57.8 Å². The van der Waals surface area contributed by atoms with Gasteiger partial charge in [0.2, 0.25) is 5.91 Å². The summed E-state index contributed by atoms with van der Waals surface area (Å²) < 4.78 is 5.52. The number of hydrogen-bond acceptors (Lipinski definition) is 5. The van der Waals surface area contributed by atoms with Crippen LogP contribution in [0.25, 0.3) is 0 Å². The van der Waals surface area contributed by atoms with Gasteiger partial charge in [0.25, 0.3) is 0 Å². The van der Waals surface area contributed by atoms with Gasteiger partial charge in [-0.3, -0.25) is 9.59 Å². The Morgan fingerprint density at radius 2 is 0.540 bits per heavy atom. The van der Waals surface area contributed by atoms with Gasteiger partial charge in [-0.25, -0.2) is 0 Å². The number of hydrogen-bond donors (Lipinski definition) is 3. The lowest BCUT2D eigenvalue weighted by molar-refractivity contribution is -0.143. The molecule has 0 aliphatic heterocycles. The van der Waals surface area contributed by atoms with Crippen molar-refractivity contribution in [1.29, 1.82) is 0 Å². The maximum atomic E-state index is 12.5. The Morgan fingerprint density at radius 3 is 0.816 bits per heavy atom. The number of unbranched alkanes of at least 4 members (excludes halogenated alkanes) is 63. The smallest absolute Gasteiger partial charge is 0.305 e. The summed E-state index contributed by atoms with van der Waals surface area (Å²) in [6.45, 7) is 4.95. The minimum Gasteiger partial charge on any atom is -0.466 e. The minimum absolute atomic E-state index is 0.0280. The molecule has 87 heavy (non-hydrogen) atoms. The molecule has 0 saturated heterocycles. The molecular formula is C81H157NO5. The summed E-state index contributed by atoms with van der Waals surface area (Å²) in [7, 11) is 0. The van der Waals surface area contributed by atoms with Gasteiger partial charge in [-0.2, -0.15) is 0 Å². The van der Waals surface area contributed by atoms with E-state index in [-0.39, 0.29) is 18.5 Å². The van der Waals surface area contributed by atoms with E-state index in [2.05, 4.69) is 31.3 Å². The zero-order valence-electron chi connectivity index (χ0n) is 59.3. The quantitative estimate of drug-likeness (QED) is 0.0320. The fourth-order valence-corrected chi connectivity index (χ4v) is 12.9. The molecule has 1 amide bonds. The van der Waals surface area contributed by atoms with Crippen LogP contribution in [0.3, 0.4) is 0 Å². The van der Waals surface area contributed by atoms with Crippen LogP contribution < -0.4 is 5.32 Å². The van der Waals surface area contributed by atoms with Gasteiger partial charge < -0.3 is 20.3 Å². The standard InChI is InChI=1S/C81H157NO5/c1-3-5-7-9-11-13-15-17-18-19-41-45-48-51-55-59-63-67-71-75-81(86)87-76-72-68-64-60-56-52-49-46-43-40-38-36-34-32-30-28-26-24-22-20-21-23-25-27-29-31-33-35-37-39-42-44-47-50-54-58-62-66-70-74-80(85)82-78(77-83)79(84)73-69-65-61-57-53-16-14-12-10-8-6-4-2/h20-21,69,73,78-79,83-84H,3-19,22-68,70-72,74-77H2,1-2H3,(H,82,85)/b21-20-,73-69+. The molecular weight excluding hydrogens is 1070 g/mol. The summed E-state index contributed by atoms with van der Waals surface area (Å²) in [6, 6.07) is -0.623. The summed E-state index contributed by atoms with van der Waals surface area (Å²) in [5, 5.41) is 23.1. The SMILES string of the molecule is CCCCCCCCCCCC/C=C/C(O)C(CO)NC(=O)CCCCCCCCCCCCCCCCCCC/C=C\CCCCCCCCCCCCCCCCCCCCOC(=O)CCCCCCCCCCCCCCCCCCCCC. The third-order valence-electron chi connectivity index (χ3n) is 19.0. The second kappa shape index (κ2) is 76.8. The lowest BCUT2D eigenvalue weighted by Gasteiger charge is -2.20. The van der Waals surface area contributed by atoms with Crippen molar-refractivity contribution in [3.8, 4) is 0 Å². The van der Waals surface area contributed by atoms with Crippen molar-refractivity contribution in [3.05, 3.63) is 24.3 Å². The van der Waals surface area contributed by atoms with Crippen LogP contribution in [0.1, 0.15) is 457 Å². The van der Waals surface area contributed by atoms with E-state index in [4.69, 9.17) is 4.74 Å². The average molecular weight is 1230 g/mol. The third kappa shape index (κ3) is 73.3. The Balaban J connectivity index is 3.30. The van der Waals surface area contributed by atoms with Crippen LogP contribution in [0, 0.1) is 0 Å². The number of aliphatic hydroxyl groups excluding tert-OH is 2. The van der Waals surface area contributed by atoms with Gasteiger partial charge >= 0.3 is 5.97 Å². The van der Waals surface area contributed by atoms with E-state index in [9.17, 15) is 19.8 Å². The monoisotopic (exact) mass is 1220 g/mol. The van der Waals surface area contributed by atoms with Gasteiger partial charge in [0.15, 0.2) is 0 Å². The van der Waals surface area contributed by atoms with Crippen LogP contribution in [0.4, 0.5) is 0 Å². The first kappa shape index (κ1) is 85.3. The Morgan fingerprint density at radius 1 is 0.310 bits per heavy atom. The van der Waals surface area contributed by atoms with E-state index >= 15 is 0 Å². The van der Waals surface area contributed by atoms with E-state index in [1.807, 2.05) is 6.08 Å². The number of carbonyl (C=O) groups is 2. The van der Waals surface area contributed by atoms with E-state index in [0.717, 1.165) is 38.5 Å². The molecule has 0 heterocycles. The highest BCUT2D eigenvalue weighted by Crippen LogP contribution is 2.20. The van der Waals surface area contributed by atoms with Crippen molar-refractivity contribution in [1.82, 2.24) is 5.32 Å². The molecule has 0 aliphatic rings. The molecule has 6 nitrogen and oxygen atoms in total. The van der Waals surface area contributed by atoms with Crippen molar-refractivity contribution in [2.24, 2.45) is 0 Å². The van der Waals surface area contributed by atoms with E-state index in [1.54, 1.807) is 6.08 Å². The molecule has 0 aromatic rings. The normalized spacial score (nSPS) is 12.6. The fourth-order valence-electron chi connectivity index (χ4n) is 12.9. The highest BCUT2D eigenvalue weighted by Gasteiger charge is 2.18. The maximum absolute atomic E-state index is 12.5. The molecule has 0 rings (SSSR count). The van der Waals surface area contributed by atoms with Crippen LogP contribution in [0.5, 0.6) is 0 Å². The number of amides is 1. The Bertz CT molecular complexity index is 1360. The number of carbonyl (C=O) groups excluding carboxylic acids is 2. The number of allylic oxidation sites excluding steroid dienone is 3. The van der Waals surface area contributed by atoms with E-state index in [0.29, 0.717) is 19.4 Å². The van der Waals surface area contributed by atoms with Crippen molar-refractivity contribution >= 4 is 11.9 Å². The number of ether oxygens (including phenoxy) is 1. The molecule has 0 radical (unpaired) electrons. The van der Waals surface area contributed by atoms with Gasteiger partial charge in [-0.1, -0.05) is 411 Å². The molecule has 2 unspecified atom stereocenters. The van der Waals surface area contributed by atoms with Crippen LogP contribution in [0.2, 0.25) is 0 Å². The minimum atomic E-state index is -0.840. The molecule has 6 heteroatoms. The third-order valence-corrected chi connectivity index (χ3v) is 19.0.